The highest BCUT2D eigenvalue weighted by Crippen LogP contribution is 2.20. The van der Waals surface area contributed by atoms with Gasteiger partial charge in [0, 0.05) is 13.1 Å². The summed E-state index contributed by atoms with van der Waals surface area (Å²) in [6.45, 7) is 1.44. The number of methoxy groups -OCH3 is 1. The highest BCUT2D eigenvalue weighted by atomic mass is 19.1. The quantitative estimate of drug-likeness (QED) is 0.768. The summed E-state index contributed by atoms with van der Waals surface area (Å²) >= 11 is 0. The number of benzene rings is 1. The van der Waals surface area contributed by atoms with Crippen LogP contribution in [-0.2, 0) is 0 Å². The Bertz CT molecular complexity index is 400. The maximum atomic E-state index is 13.5. The number of hydrogen-bond acceptors (Lipinski definition) is 2. The van der Waals surface area contributed by atoms with Crippen molar-refractivity contribution in [3.63, 3.8) is 0 Å². The lowest BCUT2D eigenvalue weighted by molar-refractivity contribution is 0.0788. The van der Waals surface area contributed by atoms with Gasteiger partial charge >= 0.3 is 0 Å². The van der Waals surface area contributed by atoms with Gasteiger partial charge in [-0.2, -0.15) is 0 Å². The molecule has 1 fully saturated rings. The van der Waals surface area contributed by atoms with Crippen LogP contribution in [0.15, 0.2) is 18.2 Å². The van der Waals surface area contributed by atoms with Crippen LogP contribution >= 0.6 is 0 Å². The SMILES string of the molecule is COc1ccc(F)c(C(=O)N2CCCC2)c1. The van der Waals surface area contributed by atoms with Gasteiger partial charge in [-0.25, -0.2) is 4.39 Å². The topological polar surface area (TPSA) is 29.5 Å². The Morgan fingerprint density at radius 2 is 2.06 bits per heavy atom. The molecule has 0 atom stereocenters. The lowest BCUT2D eigenvalue weighted by Crippen LogP contribution is -2.28. The Morgan fingerprint density at radius 3 is 2.69 bits per heavy atom. The van der Waals surface area contributed by atoms with Gasteiger partial charge in [0.2, 0.25) is 0 Å². The normalized spacial score (nSPS) is 15.2. The molecular formula is C12H14FNO2. The Kier molecular flexibility index (Phi) is 3.08. The summed E-state index contributed by atoms with van der Waals surface area (Å²) in [4.78, 5) is 13.6. The first-order valence-corrected chi connectivity index (χ1v) is 5.35. The zero-order valence-electron chi connectivity index (χ0n) is 9.20. The minimum atomic E-state index is -0.488. The molecule has 1 aliphatic heterocycles. The van der Waals surface area contributed by atoms with Gasteiger partial charge in [0.25, 0.3) is 5.91 Å². The average Bonchev–Trinajstić information content (AvgIpc) is 2.82. The standard InChI is InChI=1S/C12H14FNO2/c1-16-9-4-5-11(13)10(8-9)12(15)14-6-2-3-7-14/h4-5,8H,2-3,6-7H2,1H3. The molecule has 3 nitrogen and oxygen atoms in total. The van der Waals surface area contributed by atoms with Crippen LogP contribution in [0.4, 0.5) is 4.39 Å². The molecule has 1 aliphatic rings. The van der Waals surface area contributed by atoms with Gasteiger partial charge in [-0.15, -0.1) is 0 Å². The van der Waals surface area contributed by atoms with E-state index < -0.39 is 5.82 Å². The zero-order chi connectivity index (χ0) is 11.5. The molecular weight excluding hydrogens is 209 g/mol. The number of rotatable bonds is 2. The number of nitrogens with zero attached hydrogens (tertiary/aromatic N) is 1. The Morgan fingerprint density at radius 1 is 1.38 bits per heavy atom. The van der Waals surface area contributed by atoms with E-state index in [1.807, 2.05) is 0 Å². The van der Waals surface area contributed by atoms with E-state index in [1.165, 1.54) is 25.3 Å². The average molecular weight is 223 g/mol. The minimum Gasteiger partial charge on any atom is -0.497 e. The van der Waals surface area contributed by atoms with Crippen LogP contribution in [0.2, 0.25) is 0 Å². The second-order valence-electron chi connectivity index (χ2n) is 3.85. The number of amides is 1. The summed E-state index contributed by atoms with van der Waals surface area (Å²) in [5.74, 6) is -0.226. The molecule has 1 saturated heterocycles. The summed E-state index contributed by atoms with van der Waals surface area (Å²) < 4.78 is 18.5. The summed E-state index contributed by atoms with van der Waals surface area (Å²) in [5.41, 5.74) is 0.0984. The largest absolute Gasteiger partial charge is 0.497 e. The fourth-order valence-corrected chi connectivity index (χ4v) is 1.89. The maximum absolute atomic E-state index is 13.5. The molecule has 16 heavy (non-hydrogen) atoms. The first-order chi connectivity index (χ1) is 7.72. The molecule has 0 saturated carbocycles. The second-order valence-corrected chi connectivity index (χ2v) is 3.85. The van der Waals surface area contributed by atoms with Crippen molar-refractivity contribution in [3.8, 4) is 5.75 Å². The highest BCUT2D eigenvalue weighted by Gasteiger charge is 2.22. The van der Waals surface area contributed by atoms with Crippen LogP contribution in [0, 0.1) is 5.82 Å². The van der Waals surface area contributed by atoms with E-state index in [4.69, 9.17) is 4.74 Å². The molecule has 0 unspecified atom stereocenters. The Hall–Kier alpha value is -1.58. The third kappa shape index (κ3) is 2.01. The Labute approximate surface area is 93.8 Å². The van der Waals surface area contributed by atoms with E-state index in [2.05, 4.69) is 0 Å². The molecule has 86 valence electrons. The van der Waals surface area contributed by atoms with Crippen molar-refractivity contribution in [2.45, 2.75) is 12.8 Å². The molecule has 1 aromatic carbocycles. The summed E-state index contributed by atoms with van der Waals surface area (Å²) in [5, 5.41) is 0. The number of ether oxygens (including phenoxy) is 1. The molecule has 1 aromatic rings. The van der Waals surface area contributed by atoms with Crippen molar-refractivity contribution in [1.29, 1.82) is 0 Å². The lowest BCUT2D eigenvalue weighted by Gasteiger charge is -2.16. The van der Waals surface area contributed by atoms with Crippen LogP contribution in [-0.4, -0.2) is 31.0 Å². The van der Waals surface area contributed by atoms with E-state index in [0.717, 1.165) is 25.9 Å². The molecule has 0 bridgehead atoms. The monoisotopic (exact) mass is 223 g/mol. The van der Waals surface area contributed by atoms with Crippen molar-refractivity contribution in [3.05, 3.63) is 29.6 Å². The van der Waals surface area contributed by atoms with E-state index in [-0.39, 0.29) is 11.5 Å². The van der Waals surface area contributed by atoms with E-state index >= 15 is 0 Å². The van der Waals surface area contributed by atoms with Gasteiger partial charge in [0.05, 0.1) is 12.7 Å². The van der Waals surface area contributed by atoms with Crippen LogP contribution < -0.4 is 4.74 Å². The maximum Gasteiger partial charge on any atom is 0.256 e. The van der Waals surface area contributed by atoms with Gasteiger partial charge in [-0.1, -0.05) is 0 Å². The van der Waals surface area contributed by atoms with Crippen molar-refractivity contribution < 1.29 is 13.9 Å². The van der Waals surface area contributed by atoms with Crippen LogP contribution in [0.25, 0.3) is 0 Å². The van der Waals surface area contributed by atoms with Crippen LogP contribution in [0.1, 0.15) is 23.2 Å². The van der Waals surface area contributed by atoms with Gasteiger partial charge in [0.15, 0.2) is 0 Å². The molecule has 0 aliphatic carbocycles. The smallest absolute Gasteiger partial charge is 0.256 e. The lowest BCUT2D eigenvalue weighted by atomic mass is 10.1. The predicted molar refractivity (Wildman–Crippen MR) is 58.1 cm³/mol. The van der Waals surface area contributed by atoms with Gasteiger partial charge < -0.3 is 9.64 Å². The van der Waals surface area contributed by atoms with Gasteiger partial charge in [0.1, 0.15) is 11.6 Å². The van der Waals surface area contributed by atoms with E-state index in [0.29, 0.717) is 5.75 Å². The van der Waals surface area contributed by atoms with Crippen LogP contribution in [0.3, 0.4) is 0 Å². The number of carbonyl (C=O) groups is 1. The number of halogens is 1. The molecule has 0 radical (unpaired) electrons. The number of carbonyl (C=O) groups excluding carboxylic acids is 1. The van der Waals surface area contributed by atoms with Crippen molar-refractivity contribution in [1.82, 2.24) is 4.90 Å². The van der Waals surface area contributed by atoms with Crippen molar-refractivity contribution in [2.24, 2.45) is 0 Å². The predicted octanol–water partition coefficient (Wildman–Crippen LogP) is 2.07. The molecule has 2 rings (SSSR count). The second kappa shape index (κ2) is 4.51. The molecule has 4 heteroatoms. The third-order valence-electron chi connectivity index (χ3n) is 2.80. The first-order valence-electron chi connectivity index (χ1n) is 5.35. The third-order valence-corrected chi connectivity index (χ3v) is 2.80. The molecule has 0 aromatic heterocycles. The first kappa shape index (κ1) is 10.9. The summed E-state index contributed by atoms with van der Waals surface area (Å²) in [6.07, 6.45) is 1.99. The molecule has 1 amide bonds. The Balaban J connectivity index is 2.27. The van der Waals surface area contributed by atoms with Crippen molar-refractivity contribution in [2.75, 3.05) is 20.2 Å². The summed E-state index contributed by atoms with van der Waals surface area (Å²) in [7, 11) is 1.50. The number of likely N-dealkylation sites (tertiary alicyclic amines) is 1. The van der Waals surface area contributed by atoms with Crippen molar-refractivity contribution >= 4 is 5.91 Å². The van der Waals surface area contributed by atoms with Gasteiger partial charge in [-0.3, -0.25) is 4.79 Å². The molecule has 0 spiro atoms. The van der Waals surface area contributed by atoms with E-state index in [9.17, 15) is 9.18 Å². The molecule has 0 N–H and O–H groups in total. The minimum absolute atomic E-state index is 0.0984. The summed E-state index contributed by atoms with van der Waals surface area (Å²) in [6, 6.07) is 4.23. The van der Waals surface area contributed by atoms with Gasteiger partial charge in [-0.05, 0) is 31.0 Å². The molecule has 1 heterocycles. The van der Waals surface area contributed by atoms with Crippen LogP contribution in [0.5, 0.6) is 5.75 Å². The number of hydrogen-bond donors (Lipinski definition) is 0. The highest BCUT2D eigenvalue weighted by molar-refractivity contribution is 5.95. The zero-order valence-corrected chi connectivity index (χ0v) is 9.20. The fourth-order valence-electron chi connectivity index (χ4n) is 1.89. The fraction of sp³-hybridized carbons (Fsp3) is 0.417. The van der Waals surface area contributed by atoms with E-state index in [1.54, 1.807) is 4.90 Å².